The summed E-state index contributed by atoms with van der Waals surface area (Å²) in [4.78, 5) is 10.4. The van der Waals surface area contributed by atoms with Crippen molar-refractivity contribution in [3.63, 3.8) is 0 Å². The molecular formula is C17H29N5O2S. The van der Waals surface area contributed by atoms with Crippen molar-refractivity contribution in [1.29, 1.82) is 0 Å². The van der Waals surface area contributed by atoms with Gasteiger partial charge in [-0.15, -0.1) is 0 Å². The van der Waals surface area contributed by atoms with Crippen LogP contribution in [0.3, 0.4) is 0 Å². The summed E-state index contributed by atoms with van der Waals surface area (Å²) in [6.45, 7) is 1.20. The number of nitrogens with one attached hydrogen (secondary N) is 1. The van der Waals surface area contributed by atoms with E-state index in [9.17, 15) is 8.42 Å². The predicted octanol–water partition coefficient (Wildman–Crippen LogP) is 2.08. The maximum Gasteiger partial charge on any atom is 0.216 e. The Kier molecular flexibility index (Phi) is 5.78. The van der Waals surface area contributed by atoms with Crippen LogP contribution >= 0.6 is 0 Å². The van der Waals surface area contributed by atoms with Gasteiger partial charge in [-0.25, -0.2) is 22.7 Å². The van der Waals surface area contributed by atoms with Gasteiger partial charge in [0, 0.05) is 39.3 Å². The van der Waals surface area contributed by atoms with Crippen molar-refractivity contribution in [2.24, 2.45) is 0 Å². The maximum atomic E-state index is 12.8. The highest BCUT2D eigenvalue weighted by atomic mass is 32.2. The molecule has 2 heterocycles. The fraction of sp³-hybridized carbons (Fsp3) is 0.765. The minimum absolute atomic E-state index is 0.157. The van der Waals surface area contributed by atoms with E-state index < -0.39 is 10.0 Å². The fourth-order valence-electron chi connectivity index (χ4n) is 3.71. The summed E-state index contributed by atoms with van der Waals surface area (Å²) in [7, 11) is 0.764. The van der Waals surface area contributed by atoms with E-state index in [4.69, 9.17) is 0 Å². The third kappa shape index (κ3) is 4.41. The molecule has 1 N–H and O–H groups in total. The summed E-state index contributed by atoms with van der Waals surface area (Å²) in [6.07, 6.45) is 8.10. The summed E-state index contributed by atoms with van der Waals surface area (Å²) >= 11 is 0. The molecule has 0 bridgehead atoms. The molecule has 1 saturated carbocycles. The van der Waals surface area contributed by atoms with Crippen LogP contribution in [-0.4, -0.2) is 61.2 Å². The molecule has 1 saturated heterocycles. The third-order valence-corrected chi connectivity index (χ3v) is 7.65. The summed E-state index contributed by atoms with van der Waals surface area (Å²) in [5, 5.41) is 3.27. The van der Waals surface area contributed by atoms with Crippen molar-refractivity contribution < 1.29 is 8.42 Å². The Hall–Kier alpha value is -1.41. The second kappa shape index (κ2) is 7.86. The van der Waals surface area contributed by atoms with Crippen LogP contribution in [0.15, 0.2) is 12.4 Å². The van der Waals surface area contributed by atoms with Gasteiger partial charge in [0.05, 0.1) is 5.25 Å². The molecule has 2 aliphatic rings. The highest BCUT2D eigenvalue weighted by Gasteiger charge is 2.35. The molecule has 3 rings (SSSR count). The number of hydrogen-bond acceptors (Lipinski definition) is 6. The topological polar surface area (TPSA) is 78.4 Å². The van der Waals surface area contributed by atoms with Gasteiger partial charge < -0.3 is 10.2 Å². The minimum Gasteiger partial charge on any atom is -0.367 e. The second-order valence-corrected chi connectivity index (χ2v) is 9.49. The van der Waals surface area contributed by atoms with E-state index in [2.05, 4.69) is 15.3 Å². The molecule has 0 atom stereocenters. The first-order valence-electron chi connectivity index (χ1n) is 9.21. The van der Waals surface area contributed by atoms with E-state index in [1.54, 1.807) is 10.6 Å². The van der Waals surface area contributed by atoms with Gasteiger partial charge in [-0.3, -0.25) is 0 Å². The number of piperidine rings is 1. The van der Waals surface area contributed by atoms with Crippen molar-refractivity contribution >= 4 is 21.7 Å². The average Bonchev–Trinajstić information content (AvgIpc) is 2.63. The Morgan fingerprint density at radius 3 is 2.40 bits per heavy atom. The largest absolute Gasteiger partial charge is 0.367 e. The SMILES string of the molecule is CN(C)c1cc(NC2CCN(S(=O)(=O)C3CCCCC3)CC2)ncn1. The quantitative estimate of drug-likeness (QED) is 0.858. The number of rotatable bonds is 5. The lowest BCUT2D eigenvalue weighted by Gasteiger charge is -2.35. The van der Waals surface area contributed by atoms with E-state index in [0.29, 0.717) is 13.1 Å². The Morgan fingerprint density at radius 1 is 1.08 bits per heavy atom. The molecule has 1 aromatic rings. The molecular weight excluding hydrogens is 338 g/mol. The third-order valence-electron chi connectivity index (χ3n) is 5.25. The van der Waals surface area contributed by atoms with Gasteiger partial charge in [0.25, 0.3) is 0 Å². The molecule has 140 valence electrons. The number of hydrogen-bond donors (Lipinski definition) is 1. The molecule has 1 aromatic heterocycles. The first-order chi connectivity index (χ1) is 12.0. The van der Waals surface area contributed by atoms with Gasteiger partial charge in [-0.2, -0.15) is 0 Å². The van der Waals surface area contributed by atoms with E-state index in [1.165, 1.54) is 6.42 Å². The Bertz CT molecular complexity index is 665. The summed E-state index contributed by atoms with van der Waals surface area (Å²) in [5.41, 5.74) is 0. The van der Waals surface area contributed by atoms with Crippen LogP contribution in [0.4, 0.5) is 11.6 Å². The lowest BCUT2D eigenvalue weighted by Crippen LogP contribution is -2.46. The Labute approximate surface area is 150 Å². The zero-order valence-corrected chi connectivity index (χ0v) is 16.0. The van der Waals surface area contributed by atoms with E-state index in [-0.39, 0.29) is 11.3 Å². The minimum atomic E-state index is -3.13. The lowest BCUT2D eigenvalue weighted by molar-refractivity contribution is 0.320. The summed E-state index contributed by atoms with van der Waals surface area (Å²) in [6, 6.07) is 2.17. The van der Waals surface area contributed by atoms with Gasteiger partial charge in [-0.05, 0) is 25.7 Å². The molecule has 2 fully saturated rings. The van der Waals surface area contributed by atoms with Gasteiger partial charge >= 0.3 is 0 Å². The van der Waals surface area contributed by atoms with E-state index in [1.807, 2.05) is 25.1 Å². The molecule has 0 amide bonds. The maximum absolute atomic E-state index is 12.8. The van der Waals surface area contributed by atoms with Crippen molar-refractivity contribution in [2.45, 2.75) is 56.2 Å². The fourth-order valence-corrected chi connectivity index (χ4v) is 5.78. The standard InChI is InChI=1S/C17H29N5O2S/c1-21(2)17-12-16(18-13-19-17)20-14-8-10-22(11-9-14)25(23,24)15-6-4-3-5-7-15/h12-15H,3-11H2,1-2H3,(H,18,19,20). The first-order valence-corrected chi connectivity index (χ1v) is 10.7. The van der Waals surface area contributed by atoms with Crippen LogP contribution in [-0.2, 0) is 10.0 Å². The average molecular weight is 368 g/mol. The molecule has 7 nitrogen and oxygen atoms in total. The number of aromatic nitrogens is 2. The van der Waals surface area contributed by atoms with Gasteiger partial charge in [0.2, 0.25) is 10.0 Å². The molecule has 0 radical (unpaired) electrons. The van der Waals surface area contributed by atoms with E-state index in [0.717, 1.165) is 50.2 Å². The Balaban J connectivity index is 1.56. The molecule has 25 heavy (non-hydrogen) atoms. The van der Waals surface area contributed by atoms with Crippen LogP contribution in [0.2, 0.25) is 0 Å². The molecule has 1 aliphatic carbocycles. The van der Waals surface area contributed by atoms with Crippen LogP contribution in [0, 0.1) is 0 Å². The lowest BCUT2D eigenvalue weighted by atomic mass is 10.0. The number of sulfonamides is 1. The monoisotopic (exact) mass is 367 g/mol. The zero-order valence-electron chi connectivity index (χ0n) is 15.2. The predicted molar refractivity (Wildman–Crippen MR) is 100 cm³/mol. The summed E-state index contributed by atoms with van der Waals surface area (Å²) in [5.74, 6) is 1.65. The normalized spacial score (nSPS) is 21.2. The highest BCUT2D eigenvalue weighted by Crippen LogP contribution is 2.28. The second-order valence-electron chi connectivity index (χ2n) is 7.28. The number of nitrogens with zero attached hydrogens (tertiary/aromatic N) is 4. The molecule has 0 spiro atoms. The van der Waals surface area contributed by atoms with Gasteiger partial charge in [-0.1, -0.05) is 19.3 Å². The van der Waals surface area contributed by atoms with Crippen LogP contribution < -0.4 is 10.2 Å². The highest BCUT2D eigenvalue weighted by molar-refractivity contribution is 7.89. The first kappa shape index (κ1) is 18.4. The van der Waals surface area contributed by atoms with Gasteiger partial charge in [0.15, 0.2) is 0 Å². The molecule has 0 unspecified atom stereocenters. The number of anilines is 2. The van der Waals surface area contributed by atoms with E-state index >= 15 is 0 Å². The van der Waals surface area contributed by atoms with Crippen molar-refractivity contribution in [2.75, 3.05) is 37.4 Å². The zero-order chi connectivity index (χ0) is 17.9. The smallest absolute Gasteiger partial charge is 0.216 e. The van der Waals surface area contributed by atoms with Crippen molar-refractivity contribution in [1.82, 2.24) is 14.3 Å². The molecule has 8 heteroatoms. The van der Waals surface area contributed by atoms with Crippen LogP contribution in [0.1, 0.15) is 44.9 Å². The molecule has 1 aliphatic heterocycles. The van der Waals surface area contributed by atoms with Crippen LogP contribution in [0.5, 0.6) is 0 Å². The van der Waals surface area contributed by atoms with Crippen molar-refractivity contribution in [3.8, 4) is 0 Å². The Morgan fingerprint density at radius 2 is 1.76 bits per heavy atom. The summed E-state index contributed by atoms with van der Waals surface area (Å²) < 4.78 is 27.3. The van der Waals surface area contributed by atoms with Crippen molar-refractivity contribution in [3.05, 3.63) is 12.4 Å². The molecule has 0 aromatic carbocycles. The van der Waals surface area contributed by atoms with Gasteiger partial charge in [0.1, 0.15) is 18.0 Å². The van der Waals surface area contributed by atoms with Crippen LogP contribution in [0.25, 0.3) is 0 Å².